The van der Waals surface area contributed by atoms with Gasteiger partial charge in [0.25, 0.3) is 11.8 Å². The van der Waals surface area contributed by atoms with Crippen molar-refractivity contribution in [1.29, 1.82) is 0 Å². The maximum absolute atomic E-state index is 12.5. The highest BCUT2D eigenvalue weighted by atomic mass is 32.1. The molecule has 28 heavy (non-hydrogen) atoms. The Balaban J connectivity index is 1.61. The number of fused-ring (bicyclic) bond motifs is 1. The largest absolute Gasteiger partial charge is 0.478 e. The van der Waals surface area contributed by atoms with Gasteiger partial charge in [-0.2, -0.15) is 0 Å². The normalized spacial score (nSPS) is 13.1. The van der Waals surface area contributed by atoms with Gasteiger partial charge >= 0.3 is 5.97 Å². The van der Waals surface area contributed by atoms with Crippen LogP contribution in [-0.4, -0.2) is 34.3 Å². The predicted molar refractivity (Wildman–Crippen MR) is 103 cm³/mol. The molecule has 0 fully saturated rings. The SMILES string of the molecule is O=C(Nc1sc2c(c1C(=O)O)CCN(C(=O)c1ccco1)C2)c1ccccc1. The molecule has 3 heterocycles. The van der Waals surface area contributed by atoms with Gasteiger partial charge in [-0.3, -0.25) is 9.59 Å². The Bertz CT molecular complexity index is 1040. The summed E-state index contributed by atoms with van der Waals surface area (Å²) in [7, 11) is 0. The Morgan fingerprint density at radius 3 is 2.57 bits per heavy atom. The topological polar surface area (TPSA) is 99.9 Å². The molecule has 8 heteroatoms. The number of aromatic carboxylic acids is 1. The zero-order valence-electron chi connectivity index (χ0n) is 14.7. The smallest absolute Gasteiger partial charge is 0.339 e. The second-order valence-electron chi connectivity index (χ2n) is 6.29. The number of furan rings is 1. The molecule has 3 aromatic rings. The van der Waals surface area contributed by atoms with E-state index in [1.807, 2.05) is 0 Å². The fraction of sp³-hybridized carbons (Fsp3) is 0.150. The zero-order chi connectivity index (χ0) is 19.7. The van der Waals surface area contributed by atoms with Crippen molar-refractivity contribution in [3.05, 3.63) is 76.1 Å². The molecule has 0 spiro atoms. The summed E-state index contributed by atoms with van der Waals surface area (Å²) in [5.41, 5.74) is 1.22. The third-order valence-corrected chi connectivity index (χ3v) is 5.69. The summed E-state index contributed by atoms with van der Waals surface area (Å²) >= 11 is 1.19. The first-order chi connectivity index (χ1) is 13.5. The molecule has 142 valence electrons. The molecule has 2 amide bonds. The molecule has 1 aliphatic heterocycles. The number of hydrogen-bond acceptors (Lipinski definition) is 5. The highest BCUT2D eigenvalue weighted by Crippen LogP contribution is 2.37. The monoisotopic (exact) mass is 396 g/mol. The van der Waals surface area contributed by atoms with Crippen LogP contribution in [0.4, 0.5) is 5.00 Å². The van der Waals surface area contributed by atoms with E-state index >= 15 is 0 Å². The lowest BCUT2D eigenvalue weighted by atomic mass is 10.0. The second kappa shape index (κ2) is 7.32. The highest BCUT2D eigenvalue weighted by Gasteiger charge is 2.31. The van der Waals surface area contributed by atoms with Crippen LogP contribution in [0.25, 0.3) is 0 Å². The summed E-state index contributed by atoms with van der Waals surface area (Å²) in [6, 6.07) is 11.8. The number of carboxylic acids is 1. The number of carbonyl (C=O) groups excluding carboxylic acids is 2. The highest BCUT2D eigenvalue weighted by molar-refractivity contribution is 7.17. The van der Waals surface area contributed by atoms with Crippen molar-refractivity contribution in [2.45, 2.75) is 13.0 Å². The van der Waals surface area contributed by atoms with E-state index < -0.39 is 5.97 Å². The fourth-order valence-corrected chi connectivity index (χ4v) is 4.46. The molecule has 1 aliphatic rings. The van der Waals surface area contributed by atoms with Gasteiger partial charge < -0.3 is 19.7 Å². The Labute approximate surface area is 164 Å². The van der Waals surface area contributed by atoms with Crippen molar-refractivity contribution in [3.8, 4) is 0 Å². The van der Waals surface area contributed by atoms with E-state index in [9.17, 15) is 19.5 Å². The van der Waals surface area contributed by atoms with Crippen LogP contribution in [0.3, 0.4) is 0 Å². The number of nitrogens with zero attached hydrogens (tertiary/aromatic N) is 1. The fourth-order valence-electron chi connectivity index (χ4n) is 3.21. The third kappa shape index (κ3) is 3.29. The Morgan fingerprint density at radius 2 is 1.89 bits per heavy atom. The minimum absolute atomic E-state index is 0.106. The number of hydrogen-bond donors (Lipinski definition) is 2. The lowest BCUT2D eigenvalue weighted by molar-refractivity contribution is 0.0694. The van der Waals surface area contributed by atoms with E-state index in [0.717, 1.165) is 4.88 Å². The summed E-state index contributed by atoms with van der Waals surface area (Å²) in [6.07, 6.45) is 1.84. The summed E-state index contributed by atoms with van der Waals surface area (Å²) in [5, 5.41) is 12.7. The first kappa shape index (κ1) is 18.0. The second-order valence-corrected chi connectivity index (χ2v) is 7.39. The number of thiophene rings is 1. The maximum atomic E-state index is 12.5. The molecule has 2 aromatic heterocycles. The van der Waals surface area contributed by atoms with Crippen molar-refractivity contribution < 1.29 is 23.9 Å². The van der Waals surface area contributed by atoms with E-state index in [1.165, 1.54) is 17.6 Å². The number of nitrogens with one attached hydrogen (secondary N) is 1. The summed E-state index contributed by atoms with van der Waals surface area (Å²) in [5.74, 6) is -1.45. The number of carbonyl (C=O) groups is 3. The van der Waals surface area contributed by atoms with Crippen LogP contribution in [0.5, 0.6) is 0 Å². The Hall–Kier alpha value is -3.39. The maximum Gasteiger partial charge on any atom is 0.339 e. The molecule has 0 atom stereocenters. The molecule has 2 N–H and O–H groups in total. The molecule has 7 nitrogen and oxygen atoms in total. The molecule has 1 aromatic carbocycles. The van der Waals surface area contributed by atoms with E-state index in [4.69, 9.17) is 4.42 Å². The van der Waals surface area contributed by atoms with Crippen LogP contribution < -0.4 is 5.32 Å². The van der Waals surface area contributed by atoms with Gasteiger partial charge in [-0.05, 0) is 36.2 Å². The summed E-state index contributed by atoms with van der Waals surface area (Å²) < 4.78 is 5.17. The van der Waals surface area contributed by atoms with E-state index in [2.05, 4.69) is 5.32 Å². The average Bonchev–Trinajstić information content (AvgIpc) is 3.35. The van der Waals surface area contributed by atoms with Crippen LogP contribution in [0.2, 0.25) is 0 Å². The van der Waals surface area contributed by atoms with Gasteiger partial charge in [0, 0.05) is 17.0 Å². The molecular weight excluding hydrogens is 380 g/mol. The minimum atomic E-state index is -1.09. The van der Waals surface area contributed by atoms with Crippen LogP contribution >= 0.6 is 11.3 Å². The van der Waals surface area contributed by atoms with Crippen molar-refractivity contribution in [1.82, 2.24) is 4.90 Å². The lowest BCUT2D eigenvalue weighted by Gasteiger charge is -2.26. The number of benzene rings is 1. The molecule has 4 rings (SSSR count). The van der Waals surface area contributed by atoms with Crippen LogP contribution in [0, 0.1) is 0 Å². The number of anilines is 1. The van der Waals surface area contributed by atoms with Gasteiger partial charge in [0.1, 0.15) is 5.00 Å². The van der Waals surface area contributed by atoms with Crippen molar-refractivity contribution in [2.24, 2.45) is 0 Å². The van der Waals surface area contributed by atoms with E-state index in [1.54, 1.807) is 47.4 Å². The number of carboxylic acid groups (broad SMARTS) is 1. The van der Waals surface area contributed by atoms with E-state index in [0.29, 0.717) is 29.1 Å². The predicted octanol–water partition coefficient (Wildman–Crippen LogP) is 3.49. The van der Waals surface area contributed by atoms with Crippen LogP contribution in [0.15, 0.2) is 53.1 Å². The van der Waals surface area contributed by atoms with Crippen molar-refractivity contribution >= 4 is 34.1 Å². The summed E-state index contributed by atoms with van der Waals surface area (Å²) in [6.45, 7) is 0.663. The van der Waals surface area contributed by atoms with Gasteiger partial charge in [0.15, 0.2) is 5.76 Å². The third-order valence-electron chi connectivity index (χ3n) is 4.55. The van der Waals surface area contributed by atoms with Crippen molar-refractivity contribution in [2.75, 3.05) is 11.9 Å². The van der Waals surface area contributed by atoms with Gasteiger partial charge in [-0.25, -0.2) is 4.79 Å². The standard InChI is InChI=1S/C20H16N2O5S/c23-17(12-5-2-1-3-6-12)21-18-16(20(25)26)13-8-9-22(11-15(13)28-18)19(24)14-7-4-10-27-14/h1-7,10H,8-9,11H2,(H,21,23)(H,25,26). The molecule has 0 bridgehead atoms. The van der Waals surface area contributed by atoms with E-state index in [-0.39, 0.29) is 29.7 Å². The van der Waals surface area contributed by atoms with Gasteiger partial charge in [0.2, 0.25) is 0 Å². The quantitative estimate of drug-likeness (QED) is 0.703. The molecule has 0 radical (unpaired) electrons. The molecular formula is C20H16N2O5S. The van der Waals surface area contributed by atoms with Gasteiger partial charge in [-0.1, -0.05) is 18.2 Å². The Morgan fingerprint density at radius 1 is 1.11 bits per heavy atom. The first-order valence-electron chi connectivity index (χ1n) is 8.61. The Kier molecular flexibility index (Phi) is 4.70. The molecule has 0 aliphatic carbocycles. The van der Waals surface area contributed by atoms with Gasteiger partial charge in [-0.15, -0.1) is 11.3 Å². The van der Waals surface area contributed by atoms with Crippen LogP contribution in [-0.2, 0) is 13.0 Å². The zero-order valence-corrected chi connectivity index (χ0v) is 15.5. The number of amides is 2. The molecule has 0 unspecified atom stereocenters. The average molecular weight is 396 g/mol. The van der Waals surface area contributed by atoms with Crippen molar-refractivity contribution in [3.63, 3.8) is 0 Å². The first-order valence-corrected chi connectivity index (χ1v) is 9.43. The van der Waals surface area contributed by atoms with Gasteiger partial charge in [0.05, 0.1) is 18.4 Å². The summed E-state index contributed by atoms with van der Waals surface area (Å²) in [4.78, 5) is 39.2. The van der Waals surface area contributed by atoms with Crippen LogP contribution in [0.1, 0.15) is 41.7 Å². The number of rotatable bonds is 4. The lowest BCUT2D eigenvalue weighted by Crippen LogP contribution is -2.35. The molecule has 0 saturated carbocycles. The minimum Gasteiger partial charge on any atom is -0.478 e. The molecule has 0 saturated heterocycles.